The lowest BCUT2D eigenvalue weighted by atomic mass is 9.73. The highest BCUT2D eigenvalue weighted by molar-refractivity contribution is 6.36. The molecule has 1 aliphatic rings. The lowest BCUT2D eigenvalue weighted by Gasteiger charge is -2.32. The number of aryl methyl sites for hydroxylation is 1. The van der Waals surface area contributed by atoms with E-state index < -0.39 is 40.4 Å². The third-order valence-corrected chi connectivity index (χ3v) is 8.58. The Morgan fingerprint density at radius 1 is 0.837 bits per heavy atom. The van der Waals surface area contributed by atoms with Crippen molar-refractivity contribution in [2.45, 2.75) is 111 Å². The van der Waals surface area contributed by atoms with Gasteiger partial charge in [0.05, 0.1) is 22.8 Å². The Labute approximate surface area is 253 Å². The van der Waals surface area contributed by atoms with Crippen LogP contribution in [0.5, 0.6) is 17.2 Å². The molecule has 0 radical (unpaired) electrons. The third kappa shape index (κ3) is 7.03. The minimum atomic E-state index is -2.51. The Morgan fingerprint density at radius 2 is 1.35 bits per heavy atom. The quantitative estimate of drug-likeness (QED) is 0.122. The highest BCUT2D eigenvalue weighted by Gasteiger charge is 2.51. The maximum atomic E-state index is 13.6. The van der Waals surface area contributed by atoms with Crippen molar-refractivity contribution in [1.82, 2.24) is 0 Å². The Balaban J connectivity index is 1.67. The number of aliphatic hydroxyl groups is 3. The van der Waals surface area contributed by atoms with Crippen LogP contribution < -0.4 is 0 Å². The van der Waals surface area contributed by atoms with Crippen molar-refractivity contribution in [2.24, 2.45) is 0 Å². The fourth-order valence-electron chi connectivity index (χ4n) is 5.55. The number of Topliss-reactive ketones (excluding diaryl/α,β-unsaturated/α-hetero) is 2. The third-order valence-electron chi connectivity index (χ3n) is 8.58. The van der Waals surface area contributed by atoms with Gasteiger partial charge in [-0.25, -0.2) is 0 Å². The molecule has 0 saturated heterocycles. The summed E-state index contributed by atoms with van der Waals surface area (Å²) in [5, 5.41) is 63.5. The number of rotatable bonds is 12. The summed E-state index contributed by atoms with van der Waals surface area (Å²) in [7, 11) is 0. The van der Waals surface area contributed by atoms with Gasteiger partial charge in [-0.05, 0) is 98.6 Å². The van der Waals surface area contributed by atoms with E-state index >= 15 is 0 Å². The molecule has 8 nitrogen and oxygen atoms in total. The molecule has 0 heterocycles. The first-order valence-electron chi connectivity index (χ1n) is 14.8. The van der Waals surface area contributed by atoms with Crippen LogP contribution in [0, 0.1) is 13.8 Å². The van der Waals surface area contributed by atoms with Crippen LogP contribution in [-0.2, 0) is 0 Å². The molecule has 1 aliphatic carbocycles. The van der Waals surface area contributed by atoms with E-state index in [2.05, 4.69) is 19.1 Å². The number of phenolic OH excluding ortho intramolecular Hbond substituents is 3. The molecule has 234 valence electrons. The fourth-order valence-corrected chi connectivity index (χ4v) is 5.55. The number of aliphatic hydroxyl groups excluding tert-OH is 1. The van der Waals surface area contributed by atoms with Crippen LogP contribution in [-0.4, -0.2) is 59.5 Å². The number of aromatic hydroxyl groups is 3. The normalized spacial score (nSPS) is 19.0. The second-order valence-corrected chi connectivity index (χ2v) is 12.7. The molecule has 43 heavy (non-hydrogen) atoms. The summed E-state index contributed by atoms with van der Waals surface area (Å²) in [4.78, 5) is 27.1. The topological polar surface area (TPSA) is 156 Å². The highest BCUT2D eigenvalue weighted by atomic mass is 16.3. The van der Waals surface area contributed by atoms with Gasteiger partial charge in [-0.2, -0.15) is 0 Å². The first-order valence-corrected chi connectivity index (χ1v) is 14.8. The lowest BCUT2D eigenvalue weighted by Crippen LogP contribution is -2.49. The number of hydrogen-bond donors (Lipinski definition) is 6. The van der Waals surface area contributed by atoms with E-state index in [1.807, 2.05) is 13.8 Å². The van der Waals surface area contributed by atoms with E-state index in [0.29, 0.717) is 18.4 Å². The molecule has 0 amide bonds. The van der Waals surface area contributed by atoms with Gasteiger partial charge in [-0.3, -0.25) is 9.59 Å². The molecule has 2 atom stereocenters. The maximum Gasteiger partial charge on any atom is 0.207 e. The van der Waals surface area contributed by atoms with Gasteiger partial charge >= 0.3 is 0 Å². The van der Waals surface area contributed by atoms with E-state index in [1.54, 1.807) is 26.8 Å². The molecular formula is C35H46O8. The van der Waals surface area contributed by atoms with Gasteiger partial charge in [0.25, 0.3) is 0 Å². The molecule has 0 aliphatic heterocycles. The molecule has 0 unspecified atom stereocenters. The van der Waals surface area contributed by atoms with Crippen molar-refractivity contribution in [2.75, 3.05) is 0 Å². The molecule has 0 bridgehead atoms. The van der Waals surface area contributed by atoms with Crippen LogP contribution in [0.1, 0.15) is 111 Å². The summed E-state index contributed by atoms with van der Waals surface area (Å²) in [6.45, 7) is 12.2. The number of carbonyl (C=O) groups is 2. The standard InChI is InChI=1S/C35H46O8/c1-19(10-8-12-20(2)14-15-25(37)34(6,7)42)11-9-13-21(3)16-17-35(43)32(40)27-24(36)18-22(4)26-28(27)29(33(35)41)31(39)23(5)30(26)38/h11-12,16,18,25,36-39,42-43H,8-10,13-15,17H2,1-7H3/t25-,35-/m0/s1. The number of hydrogen-bond acceptors (Lipinski definition) is 8. The minimum Gasteiger partial charge on any atom is -0.507 e. The predicted molar refractivity (Wildman–Crippen MR) is 168 cm³/mol. The van der Waals surface area contributed by atoms with Gasteiger partial charge in [0, 0.05) is 22.8 Å². The summed E-state index contributed by atoms with van der Waals surface area (Å²) in [6, 6.07) is 1.31. The number of phenols is 3. The highest BCUT2D eigenvalue weighted by Crippen LogP contribution is 2.49. The minimum absolute atomic E-state index is 0.0455. The number of benzene rings is 2. The lowest BCUT2D eigenvalue weighted by molar-refractivity contribution is -0.0509. The molecule has 0 spiro atoms. The SMILES string of the molecule is CC(=CCCC(C)=CC[C@]1(O)C(=O)c2c(O)cc(C)c3c(O)c(C)c(O)c(c23)C1=O)CCC=C(C)CC[C@H](O)C(C)(C)O. The summed E-state index contributed by atoms with van der Waals surface area (Å²) in [6.07, 6.45) is 9.19. The van der Waals surface area contributed by atoms with E-state index in [1.165, 1.54) is 24.1 Å². The number of ketones is 2. The van der Waals surface area contributed by atoms with Crippen LogP contribution >= 0.6 is 0 Å². The van der Waals surface area contributed by atoms with Gasteiger partial charge in [-0.1, -0.05) is 34.9 Å². The Hall–Kier alpha value is -3.46. The van der Waals surface area contributed by atoms with Crippen molar-refractivity contribution in [3.63, 3.8) is 0 Å². The first-order chi connectivity index (χ1) is 19.9. The van der Waals surface area contributed by atoms with E-state index in [9.17, 15) is 40.2 Å². The monoisotopic (exact) mass is 594 g/mol. The molecule has 2 aromatic rings. The zero-order chi connectivity index (χ0) is 32.4. The Morgan fingerprint density at radius 3 is 1.91 bits per heavy atom. The summed E-state index contributed by atoms with van der Waals surface area (Å²) < 4.78 is 0. The van der Waals surface area contributed by atoms with E-state index in [0.717, 1.165) is 31.3 Å². The van der Waals surface area contributed by atoms with Crippen LogP contribution in [0.4, 0.5) is 0 Å². The van der Waals surface area contributed by atoms with Crippen molar-refractivity contribution in [3.8, 4) is 17.2 Å². The van der Waals surface area contributed by atoms with Crippen molar-refractivity contribution >= 4 is 22.3 Å². The molecule has 6 N–H and O–H groups in total. The zero-order valence-corrected chi connectivity index (χ0v) is 26.3. The Bertz CT molecular complexity index is 1520. The van der Waals surface area contributed by atoms with Gasteiger partial charge in [0.1, 0.15) is 17.2 Å². The molecule has 0 saturated carbocycles. The maximum absolute atomic E-state index is 13.6. The van der Waals surface area contributed by atoms with Crippen molar-refractivity contribution in [1.29, 1.82) is 0 Å². The van der Waals surface area contributed by atoms with E-state index in [-0.39, 0.29) is 39.6 Å². The van der Waals surface area contributed by atoms with Crippen LogP contribution in [0.3, 0.4) is 0 Å². The smallest absolute Gasteiger partial charge is 0.207 e. The van der Waals surface area contributed by atoms with Gasteiger partial charge < -0.3 is 30.6 Å². The largest absolute Gasteiger partial charge is 0.507 e. The van der Waals surface area contributed by atoms with Crippen molar-refractivity contribution < 1.29 is 40.2 Å². The number of carbonyl (C=O) groups excluding carboxylic acids is 2. The van der Waals surface area contributed by atoms with Crippen molar-refractivity contribution in [3.05, 3.63) is 63.3 Å². The summed E-state index contributed by atoms with van der Waals surface area (Å²) >= 11 is 0. The van der Waals surface area contributed by atoms with Gasteiger partial charge in [0.2, 0.25) is 11.6 Å². The fraction of sp³-hybridized carbons (Fsp3) is 0.486. The van der Waals surface area contributed by atoms with Gasteiger partial charge in [0.15, 0.2) is 5.60 Å². The predicted octanol–water partition coefficient (Wildman–Crippen LogP) is 6.38. The average Bonchev–Trinajstić information content (AvgIpc) is 2.91. The molecule has 3 rings (SSSR count). The average molecular weight is 595 g/mol. The second kappa shape index (κ2) is 13.0. The second-order valence-electron chi connectivity index (χ2n) is 12.7. The summed E-state index contributed by atoms with van der Waals surface area (Å²) in [5.74, 6) is -3.16. The Kier molecular flexibility index (Phi) is 10.3. The molecule has 2 aromatic carbocycles. The molecule has 8 heteroatoms. The molecular weight excluding hydrogens is 548 g/mol. The molecule has 0 fully saturated rings. The summed E-state index contributed by atoms with van der Waals surface area (Å²) in [5.41, 5.74) is -0.443. The van der Waals surface area contributed by atoms with Gasteiger partial charge in [-0.15, -0.1) is 0 Å². The zero-order valence-electron chi connectivity index (χ0n) is 26.3. The molecule has 0 aromatic heterocycles. The van der Waals surface area contributed by atoms with E-state index in [4.69, 9.17) is 0 Å². The number of allylic oxidation sites excluding steroid dienone is 5. The van der Waals surface area contributed by atoms with Crippen LogP contribution in [0.15, 0.2) is 41.0 Å². The van der Waals surface area contributed by atoms with Crippen LogP contribution in [0.2, 0.25) is 0 Å². The first kappa shape index (κ1) is 34.0. The van der Waals surface area contributed by atoms with Crippen LogP contribution in [0.25, 0.3) is 10.8 Å².